The van der Waals surface area contributed by atoms with Crippen LogP contribution in [0.25, 0.3) is 0 Å². The zero-order valence-corrected chi connectivity index (χ0v) is 16.7. The van der Waals surface area contributed by atoms with E-state index in [-0.39, 0.29) is 17.2 Å². The first kappa shape index (κ1) is 19.8. The molecule has 25 heavy (non-hydrogen) atoms. The lowest BCUT2D eigenvalue weighted by Gasteiger charge is -2.38. The van der Waals surface area contributed by atoms with E-state index in [1.807, 2.05) is 47.9 Å². The molecule has 0 atom stereocenters. The van der Waals surface area contributed by atoms with E-state index in [0.29, 0.717) is 37.6 Å². The summed E-state index contributed by atoms with van der Waals surface area (Å²) in [5.74, 6) is 0.388. The number of alkyl halides is 1. The van der Waals surface area contributed by atoms with Crippen LogP contribution in [0.2, 0.25) is 0 Å². The Hall–Kier alpha value is -1.55. The highest BCUT2D eigenvalue weighted by Gasteiger charge is 2.33. The maximum absolute atomic E-state index is 12.7. The summed E-state index contributed by atoms with van der Waals surface area (Å²) in [5, 5.41) is 0. The Morgan fingerprint density at radius 3 is 1.84 bits per heavy atom. The summed E-state index contributed by atoms with van der Waals surface area (Å²) in [6, 6.07) is 7.85. The molecule has 0 radical (unpaired) electrons. The van der Waals surface area contributed by atoms with Crippen molar-refractivity contribution in [3.63, 3.8) is 0 Å². The van der Waals surface area contributed by atoms with Gasteiger partial charge in [-0.25, -0.2) is 0 Å². The lowest BCUT2D eigenvalue weighted by molar-refractivity contribution is -0.140. The second-order valence-corrected chi connectivity index (χ2v) is 8.70. The van der Waals surface area contributed by atoms with Crippen molar-refractivity contribution in [2.24, 2.45) is 5.41 Å². The second kappa shape index (κ2) is 7.36. The lowest BCUT2D eigenvalue weighted by Crippen LogP contribution is -2.53. The highest BCUT2D eigenvalue weighted by Crippen LogP contribution is 2.24. The topological polar surface area (TPSA) is 40.6 Å². The van der Waals surface area contributed by atoms with Gasteiger partial charge in [-0.2, -0.15) is 0 Å². The molecule has 2 rings (SSSR count). The molecule has 5 heteroatoms. The molecule has 0 aromatic heterocycles. The van der Waals surface area contributed by atoms with Gasteiger partial charge in [0, 0.05) is 37.6 Å². The molecular weight excluding hydrogens is 336 g/mol. The van der Waals surface area contributed by atoms with Gasteiger partial charge in [-0.15, -0.1) is 11.6 Å². The largest absolute Gasteiger partial charge is 0.339 e. The van der Waals surface area contributed by atoms with Crippen molar-refractivity contribution in [1.29, 1.82) is 0 Å². The van der Waals surface area contributed by atoms with Crippen molar-refractivity contribution in [3.8, 4) is 0 Å². The van der Waals surface area contributed by atoms with Crippen LogP contribution in [0.15, 0.2) is 24.3 Å². The number of benzene rings is 1. The normalized spacial score (nSPS) is 16.1. The van der Waals surface area contributed by atoms with E-state index in [9.17, 15) is 9.59 Å². The van der Waals surface area contributed by atoms with Gasteiger partial charge < -0.3 is 9.80 Å². The van der Waals surface area contributed by atoms with Gasteiger partial charge in [0.05, 0.1) is 5.41 Å². The molecule has 0 aliphatic carbocycles. The molecule has 1 aromatic rings. The van der Waals surface area contributed by atoms with Crippen LogP contribution in [-0.4, -0.2) is 53.7 Å². The number of rotatable bonds is 3. The number of halogens is 1. The minimum absolute atomic E-state index is 0.0316. The highest BCUT2D eigenvalue weighted by molar-refractivity contribution is 6.19. The Balaban J connectivity index is 1.99. The van der Waals surface area contributed by atoms with Gasteiger partial charge in [-0.05, 0) is 37.0 Å². The van der Waals surface area contributed by atoms with Crippen LogP contribution < -0.4 is 0 Å². The molecule has 4 nitrogen and oxygen atoms in total. The fourth-order valence-corrected chi connectivity index (χ4v) is 3.01. The quantitative estimate of drug-likeness (QED) is 0.770. The third-order valence-corrected chi connectivity index (χ3v) is 5.43. The Morgan fingerprint density at radius 1 is 0.920 bits per heavy atom. The van der Waals surface area contributed by atoms with E-state index in [1.165, 1.54) is 5.56 Å². The van der Waals surface area contributed by atoms with E-state index in [1.54, 1.807) is 0 Å². The smallest absolute Gasteiger partial charge is 0.253 e. The van der Waals surface area contributed by atoms with Gasteiger partial charge >= 0.3 is 0 Å². The average Bonchev–Trinajstić information content (AvgIpc) is 2.60. The third kappa shape index (κ3) is 4.55. The average molecular weight is 365 g/mol. The standard InChI is InChI=1S/C20H29ClN2O2/c1-19(2,3)16-8-6-15(7-9-16)17(24)22-10-12-23(13-11-22)18(25)20(4,5)14-21/h6-9H,10-14H2,1-5H3. The summed E-state index contributed by atoms with van der Waals surface area (Å²) in [7, 11) is 0. The van der Waals surface area contributed by atoms with Gasteiger partial charge in [-0.3, -0.25) is 9.59 Å². The number of carbonyl (C=O) groups is 2. The summed E-state index contributed by atoms with van der Waals surface area (Å²) in [6.07, 6.45) is 0. The molecule has 0 unspecified atom stereocenters. The molecule has 0 N–H and O–H groups in total. The molecule has 1 fully saturated rings. The molecule has 138 valence electrons. The minimum atomic E-state index is -0.559. The fourth-order valence-electron chi connectivity index (χ4n) is 2.89. The molecule has 1 aliphatic rings. The number of piperazine rings is 1. The van der Waals surface area contributed by atoms with E-state index in [2.05, 4.69) is 20.8 Å². The predicted octanol–water partition coefficient (Wildman–Crippen LogP) is 3.53. The van der Waals surface area contributed by atoms with Crippen LogP contribution in [0.3, 0.4) is 0 Å². The number of hydrogen-bond donors (Lipinski definition) is 0. The Labute approximate surface area is 156 Å². The monoisotopic (exact) mass is 364 g/mol. The van der Waals surface area contributed by atoms with E-state index in [4.69, 9.17) is 11.6 Å². The predicted molar refractivity (Wildman–Crippen MR) is 102 cm³/mol. The van der Waals surface area contributed by atoms with Crippen molar-refractivity contribution < 1.29 is 9.59 Å². The van der Waals surface area contributed by atoms with Crippen LogP contribution in [0.5, 0.6) is 0 Å². The van der Waals surface area contributed by atoms with E-state index < -0.39 is 5.41 Å². The summed E-state index contributed by atoms with van der Waals surface area (Å²) >= 11 is 5.90. The van der Waals surface area contributed by atoms with Crippen LogP contribution >= 0.6 is 11.6 Å². The molecule has 0 saturated carbocycles. The van der Waals surface area contributed by atoms with Gasteiger partial charge in [0.15, 0.2) is 0 Å². The van der Waals surface area contributed by atoms with Gasteiger partial charge in [0.25, 0.3) is 5.91 Å². The summed E-state index contributed by atoms with van der Waals surface area (Å²) in [6.45, 7) is 12.4. The Morgan fingerprint density at radius 2 is 1.40 bits per heavy atom. The maximum Gasteiger partial charge on any atom is 0.253 e. The lowest BCUT2D eigenvalue weighted by atomic mass is 9.86. The van der Waals surface area contributed by atoms with Gasteiger partial charge in [0.2, 0.25) is 5.91 Å². The van der Waals surface area contributed by atoms with Crippen LogP contribution in [-0.2, 0) is 10.2 Å². The third-order valence-electron chi connectivity index (χ3n) is 4.77. The van der Waals surface area contributed by atoms with E-state index in [0.717, 1.165) is 0 Å². The van der Waals surface area contributed by atoms with Crippen LogP contribution in [0.4, 0.5) is 0 Å². The van der Waals surface area contributed by atoms with Crippen molar-refractivity contribution in [3.05, 3.63) is 35.4 Å². The zero-order chi connectivity index (χ0) is 18.8. The fraction of sp³-hybridized carbons (Fsp3) is 0.600. The zero-order valence-electron chi connectivity index (χ0n) is 15.9. The molecule has 0 bridgehead atoms. The van der Waals surface area contributed by atoms with E-state index >= 15 is 0 Å². The van der Waals surface area contributed by atoms with Crippen molar-refractivity contribution in [2.75, 3.05) is 32.1 Å². The minimum Gasteiger partial charge on any atom is -0.339 e. The number of carbonyl (C=O) groups excluding carboxylic acids is 2. The summed E-state index contributed by atoms with van der Waals surface area (Å²) < 4.78 is 0. The van der Waals surface area contributed by atoms with Crippen molar-refractivity contribution in [2.45, 2.75) is 40.0 Å². The van der Waals surface area contributed by atoms with Crippen molar-refractivity contribution in [1.82, 2.24) is 9.80 Å². The number of nitrogens with zero attached hydrogens (tertiary/aromatic N) is 2. The van der Waals surface area contributed by atoms with Crippen molar-refractivity contribution >= 4 is 23.4 Å². The maximum atomic E-state index is 12.7. The molecule has 1 aromatic carbocycles. The highest BCUT2D eigenvalue weighted by atomic mass is 35.5. The summed E-state index contributed by atoms with van der Waals surface area (Å²) in [5.41, 5.74) is 1.43. The molecular formula is C20H29ClN2O2. The molecule has 2 amide bonds. The first-order chi connectivity index (χ1) is 11.6. The Bertz CT molecular complexity index is 624. The first-order valence-electron chi connectivity index (χ1n) is 8.81. The Kier molecular flexibility index (Phi) is 5.82. The molecule has 1 saturated heterocycles. The molecule has 1 heterocycles. The van der Waals surface area contributed by atoms with Gasteiger partial charge in [-0.1, -0.05) is 32.9 Å². The number of amides is 2. The van der Waals surface area contributed by atoms with Crippen LogP contribution in [0, 0.1) is 5.41 Å². The van der Waals surface area contributed by atoms with Crippen LogP contribution in [0.1, 0.15) is 50.5 Å². The molecule has 0 spiro atoms. The SMILES string of the molecule is CC(C)(CCl)C(=O)N1CCN(C(=O)c2ccc(C(C)(C)C)cc2)CC1. The first-order valence-corrected chi connectivity index (χ1v) is 9.35. The number of hydrogen-bond acceptors (Lipinski definition) is 2. The molecule has 1 aliphatic heterocycles. The summed E-state index contributed by atoms with van der Waals surface area (Å²) in [4.78, 5) is 28.8. The van der Waals surface area contributed by atoms with Gasteiger partial charge in [0.1, 0.15) is 0 Å². The second-order valence-electron chi connectivity index (χ2n) is 8.43.